The second-order valence-electron chi connectivity index (χ2n) is 6.59. The summed E-state index contributed by atoms with van der Waals surface area (Å²) in [6.07, 6.45) is 0.853. The molecule has 0 saturated carbocycles. The maximum atomic E-state index is 12.4. The summed E-state index contributed by atoms with van der Waals surface area (Å²) in [5.41, 5.74) is 0.225. The molecule has 0 aliphatic heterocycles. The summed E-state index contributed by atoms with van der Waals surface area (Å²) in [6.45, 7) is 10.1. The molecule has 0 heterocycles. The Morgan fingerprint density at radius 2 is 1.83 bits per heavy atom. The second kappa shape index (κ2) is 8.67. The van der Waals surface area contributed by atoms with Crippen LogP contribution in [0.2, 0.25) is 0 Å². The molecule has 0 bridgehead atoms. The second-order valence-corrected chi connectivity index (χ2v) is 6.59. The number of hydrogen-bond donors (Lipinski definition) is 1. The van der Waals surface area contributed by atoms with E-state index < -0.39 is 11.6 Å². The molecule has 1 N–H and O–H groups in total. The van der Waals surface area contributed by atoms with Gasteiger partial charge in [-0.3, -0.25) is 14.5 Å². The summed E-state index contributed by atoms with van der Waals surface area (Å²) in [6, 6.07) is 8.88. The first-order valence-corrected chi connectivity index (χ1v) is 8.04. The Labute approximate surface area is 139 Å². The van der Waals surface area contributed by atoms with Crippen molar-refractivity contribution in [1.29, 1.82) is 0 Å². The number of benzene rings is 1. The number of para-hydroxylation sites is 1. The topological polar surface area (TPSA) is 58.6 Å². The number of hydrogen-bond acceptors (Lipinski definition) is 4. The minimum atomic E-state index is -0.523. The smallest absolute Gasteiger partial charge is 0.320 e. The molecule has 0 spiro atoms. The molecular formula is C18H28N2O3. The molecule has 5 heteroatoms. The normalized spacial score (nSPS) is 12.8. The number of carbonyl (C=O) groups excluding carboxylic acids is 2. The third-order valence-corrected chi connectivity index (χ3v) is 3.23. The minimum Gasteiger partial charge on any atom is -0.459 e. The van der Waals surface area contributed by atoms with Gasteiger partial charge in [0.05, 0.1) is 12.6 Å². The summed E-state index contributed by atoms with van der Waals surface area (Å²) in [7, 11) is 0. The van der Waals surface area contributed by atoms with Gasteiger partial charge in [0.25, 0.3) is 0 Å². The van der Waals surface area contributed by atoms with Gasteiger partial charge >= 0.3 is 5.97 Å². The highest BCUT2D eigenvalue weighted by Gasteiger charge is 2.25. The highest BCUT2D eigenvalue weighted by Crippen LogP contribution is 2.11. The molecular weight excluding hydrogens is 292 g/mol. The Kier molecular flexibility index (Phi) is 7.23. The number of nitrogens with zero attached hydrogens (tertiary/aromatic N) is 1. The van der Waals surface area contributed by atoms with Crippen LogP contribution >= 0.6 is 0 Å². The molecule has 0 radical (unpaired) electrons. The first kappa shape index (κ1) is 19.2. The molecule has 0 aromatic heterocycles. The molecule has 0 saturated heterocycles. The number of anilines is 1. The van der Waals surface area contributed by atoms with Gasteiger partial charge in [0.1, 0.15) is 5.60 Å². The fraction of sp³-hybridized carbons (Fsp3) is 0.556. The average molecular weight is 320 g/mol. The predicted octanol–water partition coefficient (Wildman–Crippen LogP) is 3.07. The molecule has 1 aromatic rings. The zero-order valence-electron chi connectivity index (χ0n) is 14.8. The summed E-state index contributed by atoms with van der Waals surface area (Å²) in [4.78, 5) is 26.3. The van der Waals surface area contributed by atoms with E-state index in [2.05, 4.69) is 5.32 Å². The van der Waals surface area contributed by atoms with E-state index in [1.165, 1.54) is 0 Å². The van der Waals surface area contributed by atoms with Crippen LogP contribution in [0.5, 0.6) is 0 Å². The summed E-state index contributed by atoms with van der Waals surface area (Å²) >= 11 is 0. The Hall–Kier alpha value is -1.88. The van der Waals surface area contributed by atoms with Crippen LogP contribution in [-0.4, -0.2) is 41.5 Å². The Bertz CT molecular complexity index is 509. The van der Waals surface area contributed by atoms with Crippen molar-refractivity contribution in [2.24, 2.45) is 0 Å². The van der Waals surface area contributed by atoms with Gasteiger partial charge in [-0.05, 0) is 52.8 Å². The maximum absolute atomic E-state index is 12.4. The van der Waals surface area contributed by atoms with E-state index in [1.54, 1.807) is 6.92 Å². The van der Waals surface area contributed by atoms with Gasteiger partial charge in [-0.2, -0.15) is 0 Å². The number of carbonyl (C=O) groups is 2. The number of ether oxygens (including phenoxy) is 1. The number of amides is 1. The fourth-order valence-corrected chi connectivity index (χ4v) is 2.17. The number of esters is 1. The van der Waals surface area contributed by atoms with Crippen LogP contribution in [0.1, 0.15) is 41.0 Å². The van der Waals surface area contributed by atoms with Gasteiger partial charge < -0.3 is 10.1 Å². The van der Waals surface area contributed by atoms with Crippen molar-refractivity contribution in [3.8, 4) is 0 Å². The SMILES string of the molecule is CCCN(CC(=O)OC(C)(C)C)C(C)C(=O)Nc1ccccc1. The number of nitrogens with one attached hydrogen (secondary N) is 1. The maximum Gasteiger partial charge on any atom is 0.320 e. The minimum absolute atomic E-state index is 0.106. The molecule has 128 valence electrons. The highest BCUT2D eigenvalue weighted by molar-refractivity contribution is 5.94. The van der Waals surface area contributed by atoms with Crippen molar-refractivity contribution in [2.75, 3.05) is 18.4 Å². The first-order chi connectivity index (χ1) is 10.7. The average Bonchev–Trinajstić information content (AvgIpc) is 2.45. The van der Waals surface area contributed by atoms with Gasteiger partial charge in [0.15, 0.2) is 0 Å². The summed E-state index contributed by atoms with van der Waals surface area (Å²) in [5, 5.41) is 2.87. The number of rotatable bonds is 7. The lowest BCUT2D eigenvalue weighted by Crippen LogP contribution is -2.46. The van der Waals surface area contributed by atoms with Crippen LogP contribution in [0.3, 0.4) is 0 Å². The predicted molar refractivity (Wildman–Crippen MR) is 92.2 cm³/mol. The van der Waals surface area contributed by atoms with E-state index in [0.717, 1.165) is 12.1 Å². The molecule has 1 unspecified atom stereocenters. The van der Waals surface area contributed by atoms with Crippen molar-refractivity contribution in [1.82, 2.24) is 4.90 Å². The first-order valence-electron chi connectivity index (χ1n) is 8.04. The van der Waals surface area contributed by atoms with Gasteiger partial charge in [-0.25, -0.2) is 0 Å². The van der Waals surface area contributed by atoms with Crippen LogP contribution in [0.15, 0.2) is 30.3 Å². The zero-order chi connectivity index (χ0) is 17.5. The Balaban J connectivity index is 2.67. The van der Waals surface area contributed by atoms with E-state index in [4.69, 9.17) is 4.74 Å². The molecule has 1 rings (SSSR count). The molecule has 23 heavy (non-hydrogen) atoms. The lowest BCUT2D eigenvalue weighted by molar-refractivity contribution is -0.156. The Morgan fingerprint density at radius 3 is 2.35 bits per heavy atom. The van der Waals surface area contributed by atoms with Crippen LogP contribution < -0.4 is 5.32 Å². The van der Waals surface area contributed by atoms with Crippen molar-refractivity contribution < 1.29 is 14.3 Å². The van der Waals surface area contributed by atoms with Crippen molar-refractivity contribution >= 4 is 17.6 Å². The van der Waals surface area contributed by atoms with Gasteiger partial charge in [0, 0.05) is 5.69 Å². The molecule has 1 amide bonds. The molecule has 0 aliphatic carbocycles. The van der Waals surface area contributed by atoms with Gasteiger partial charge in [0.2, 0.25) is 5.91 Å². The molecule has 0 fully saturated rings. The van der Waals surface area contributed by atoms with E-state index >= 15 is 0 Å². The lowest BCUT2D eigenvalue weighted by Gasteiger charge is -2.28. The van der Waals surface area contributed by atoms with E-state index in [-0.39, 0.29) is 18.4 Å². The van der Waals surface area contributed by atoms with Crippen LogP contribution in [0.25, 0.3) is 0 Å². The van der Waals surface area contributed by atoms with E-state index in [9.17, 15) is 9.59 Å². The third-order valence-electron chi connectivity index (χ3n) is 3.23. The van der Waals surface area contributed by atoms with Crippen LogP contribution in [0.4, 0.5) is 5.69 Å². The van der Waals surface area contributed by atoms with Crippen molar-refractivity contribution in [2.45, 2.75) is 52.7 Å². The van der Waals surface area contributed by atoms with Crippen LogP contribution in [0, 0.1) is 0 Å². The van der Waals surface area contributed by atoms with Gasteiger partial charge in [-0.15, -0.1) is 0 Å². The molecule has 5 nitrogen and oxygen atoms in total. The van der Waals surface area contributed by atoms with Crippen molar-refractivity contribution in [3.63, 3.8) is 0 Å². The molecule has 1 atom stereocenters. The third kappa shape index (κ3) is 7.28. The molecule has 0 aliphatic rings. The Morgan fingerprint density at radius 1 is 1.22 bits per heavy atom. The van der Waals surface area contributed by atoms with Crippen molar-refractivity contribution in [3.05, 3.63) is 30.3 Å². The highest BCUT2D eigenvalue weighted by atomic mass is 16.6. The standard InChI is InChI=1S/C18H28N2O3/c1-6-12-20(13-16(21)23-18(3,4)5)14(2)17(22)19-15-10-8-7-9-11-15/h7-11,14H,6,12-13H2,1-5H3,(H,19,22). The van der Waals surface area contributed by atoms with Gasteiger partial charge in [-0.1, -0.05) is 25.1 Å². The lowest BCUT2D eigenvalue weighted by atomic mass is 10.2. The molecule has 1 aromatic carbocycles. The van der Waals surface area contributed by atoms with E-state index in [0.29, 0.717) is 6.54 Å². The zero-order valence-corrected chi connectivity index (χ0v) is 14.8. The summed E-state index contributed by atoms with van der Waals surface area (Å²) < 4.78 is 5.35. The monoisotopic (exact) mass is 320 g/mol. The largest absolute Gasteiger partial charge is 0.459 e. The quantitative estimate of drug-likeness (QED) is 0.785. The van der Waals surface area contributed by atoms with E-state index in [1.807, 2.05) is 62.9 Å². The summed E-state index contributed by atoms with van der Waals surface area (Å²) in [5.74, 6) is -0.446. The fourth-order valence-electron chi connectivity index (χ4n) is 2.17. The van der Waals surface area contributed by atoms with Crippen LogP contribution in [-0.2, 0) is 14.3 Å².